The smallest absolute Gasteiger partial charge is 0.263 e. The van der Waals surface area contributed by atoms with Gasteiger partial charge in [0.2, 0.25) is 5.91 Å². The van der Waals surface area contributed by atoms with E-state index in [0.717, 1.165) is 0 Å². The van der Waals surface area contributed by atoms with Crippen LogP contribution in [-0.2, 0) is 14.8 Å². The van der Waals surface area contributed by atoms with E-state index >= 15 is 0 Å². The number of aromatic nitrogens is 3. The zero-order chi connectivity index (χ0) is 19.7. The number of amidine groups is 1. The summed E-state index contributed by atoms with van der Waals surface area (Å²) in [6, 6.07) is 10.9. The minimum Gasteiger partial charge on any atom is -0.323 e. The summed E-state index contributed by atoms with van der Waals surface area (Å²) in [7, 11) is -3.64. The molecule has 0 bridgehead atoms. The van der Waals surface area contributed by atoms with Crippen molar-refractivity contribution in [3.05, 3.63) is 66.6 Å². The lowest BCUT2D eigenvalue weighted by molar-refractivity contribution is -0.117. The van der Waals surface area contributed by atoms with Gasteiger partial charge in [0.05, 0.1) is 16.8 Å². The van der Waals surface area contributed by atoms with Crippen LogP contribution in [0, 0.1) is 0 Å². The van der Waals surface area contributed by atoms with E-state index in [4.69, 9.17) is 0 Å². The van der Waals surface area contributed by atoms with E-state index in [9.17, 15) is 13.2 Å². The molecule has 10 heteroatoms. The van der Waals surface area contributed by atoms with E-state index < -0.39 is 16.1 Å². The van der Waals surface area contributed by atoms with Crippen molar-refractivity contribution in [3.8, 4) is 5.82 Å². The molecule has 0 saturated heterocycles. The highest BCUT2D eigenvalue weighted by molar-refractivity contribution is 7.90. The summed E-state index contributed by atoms with van der Waals surface area (Å²) in [5.74, 6) is 0.392. The van der Waals surface area contributed by atoms with Crippen LogP contribution in [0.3, 0.4) is 0 Å². The molecule has 0 spiro atoms. The molecule has 1 atom stereocenters. The number of fused-ring (bicyclic) bond motifs is 1. The van der Waals surface area contributed by atoms with E-state index in [1.54, 1.807) is 60.4 Å². The van der Waals surface area contributed by atoms with Crippen molar-refractivity contribution in [1.82, 2.24) is 19.5 Å². The molecule has 1 amide bonds. The number of nitrogens with zero attached hydrogens (tertiary/aromatic N) is 4. The van der Waals surface area contributed by atoms with Crippen molar-refractivity contribution in [2.45, 2.75) is 17.9 Å². The molecule has 0 saturated carbocycles. The predicted molar refractivity (Wildman–Crippen MR) is 103 cm³/mol. The van der Waals surface area contributed by atoms with Crippen LogP contribution in [0.25, 0.3) is 5.82 Å². The van der Waals surface area contributed by atoms with Gasteiger partial charge < -0.3 is 5.32 Å². The van der Waals surface area contributed by atoms with Gasteiger partial charge in [0.1, 0.15) is 11.9 Å². The van der Waals surface area contributed by atoms with E-state index in [2.05, 4.69) is 25.1 Å². The Morgan fingerprint density at radius 3 is 2.75 bits per heavy atom. The second-order valence-electron chi connectivity index (χ2n) is 6.10. The molecule has 3 aromatic rings. The molecule has 0 aliphatic carbocycles. The third-order valence-corrected chi connectivity index (χ3v) is 5.52. The summed E-state index contributed by atoms with van der Waals surface area (Å²) < 4.78 is 28.2. The van der Waals surface area contributed by atoms with Gasteiger partial charge in [-0.05, 0) is 37.3 Å². The van der Waals surface area contributed by atoms with Crippen LogP contribution in [0.4, 0.5) is 5.69 Å². The van der Waals surface area contributed by atoms with Crippen molar-refractivity contribution < 1.29 is 13.2 Å². The Kier molecular flexibility index (Phi) is 4.40. The third kappa shape index (κ3) is 3.37. The number of benzene rings is 1. The Morgan fingerprint density at radius 2 is 2.04 bits per heavy atom. The number of amides is 1. The number of anilines is 1. The highest BCUT2D eigenvalue weighted by Gasteiger charge is 2.31. The van der Waals surface area contributed by atoms with Crippen LogP contribution < -0.4 is 10.0 Å². The maximum Gasteiger partial charge on any atom is 0.263 e. The van der Waals surface area contributed by atoms with Gasteiger partial charge in [0.25, 0.3) is 10.0 Å². The fourth-order valence-corrected chi connectivity index (χ4v) is 3.97. The highest BCUT2D eigenvalue weighted by atomic mass is 32.2. The van der Waals surface area contributed by atoms with E-state index in [1.165, 1.54) is 12.3 Å². The van der Waals surface area contributed by atoms with Gasteiger partial charge in [-0.3, -0.25) is 14.5 Å². The number of pyridine rings is 1. The molecule has 0 radical (unpaired) electrons. The molecule has 3 heterocycles. The summed E-state index contributed by atoms with van der Waals surface area (Å²) >= 11 is 0. The van der Waals surface area contributed by atoms with Crippen LogP contribution in [0.2, 0.25) is 0 Å². The largest absolute Gasteiger partial charge is 0.323 e. The predicted octanol–water partition coefficient (Wildman–Crippen LogP) is 1.33. The van der Waals surface area contributed by atoms with E-state index in [1.807, 2.05) is 0 Å². The number of hydrogen-bond acceptors (Lipinski definition) is 6. The first-order valence-corrected chi connectivity index (χ1v) is 9.89. The Morgan fingerprint density at radius 1 is 1.21 bits per heavy atom. The van der Waals surface area contributed by atoms with E-state index in [-0.39, 0.29) is 16.6 Å². The van der Waals surface area contributed by atoms with Crippen molar-refractivity contribution in [2.75, 3.05) is 5.32 Å². The number of nitrogens with one attached hydrogen (secondary N) is 2. The minimum absolute atomic E-state index is 0.153. The van der Waals surface area contributed by atoms with Gasteiger partial charge in [-0.1, -0.05) is 12.1 Å². The number of carbonyl (C=O) groups is 1. The van der Waals surface area contributed by atoms with Gasteiger partial charge >= 0.3 is 0 Å². The Bertz CT molecular complexity index is 1150. The lowest BCUT2D eigenvalue weighted by Gasteiger charge is -2.10. The van der Waals surface area contributed by atoms with Gasteiger partial charge in [0, 0.05) is 18.0 Å². The molecular weight excluding hydrogens is 380 g/mol. The molecule has 1 aliphatic heterocycles. The molecule has 142 valence electrons. The quantitative estimate of drug-likeness (QED) is 0.690. The van der Waals surface area contributed by atoms with Crippen LogP contribution in [0.15, 0.2) is 70.9 Å². The molecule has 2 N–H and O–H groups in total. The molecule has 1 aliphatic rings. The Labute approximate surface area is 161 Å². The van der Waals surface area contributed by atoms with E-state index in [0.29, 0.717) is 17.1 Å². The van der Waals surface area contributed by atoms with Gasteiger partial charge in [-0.25, -0.2) is 18.1 Å². The molecular formula is C18H16N6O3S. The first kappa shape index (κ1) is 17.9. The standard InChI is InChI=1S/C18H16N6O3S/c1-12(21-17-14-5-2-3-6-15(14)28(26,27)23-17)18(25)22-13-7-8-16(19-11-13)24-10-4-9-20-24/h2-12H,1H3,(H,21,23)(H,22,25)/t12-/m0/s1. The fourth-order valence-electron chi connectivity index (χ4n) is 2.73. The zero-order valence-electron chi connectivity index (χ0n) is 14.8. The van der Waals surface area contributed by atoms with Gasteiger partial charge in [0.15, 0.2) is 5.82 Å². The summed E-state index contributed by atoms with van der Waals surface area (Å²) in [6.45, 7) is 1.59. The molecule has 0 unspecified atom stereocenters. The Hall–Kier alpha value is -3.53. The van der Waals surface area contributed by atoms with Gasteiger partial charge in [-0.15, -0.1) is 0 Å². The van der Waals surface area contributed by atoms with Crippen molar-refractivity contribution >= 4 is 27.5 Å². The normalized spacial score (nSPS) is 17.0. The number of sulfonamides is 1. The number of aliphatic imine (C=N–C) groups is 1. The average molecular weight is 396 g/mol. The monoisotopic (exact) mass is 396 g/mol. The average Bonchev–Trinajstić information content (AvgIpc) is 3.30. The van der Waals surface area contributed by atoms with Crippen LogP contribution in [0.5, 0.6) is 0 Å². The van der Waals surface area contributed by atoms with Gasteiger partial charge in [-0.2, -0.15) is 5.10 Å². The Balaban J connectivity index is 1.49. The van der Waals surface area contributed by atoms with Crippen LogP contribution in [-0.4, -0.2) is 41.0 Å². The first-order chi connectivity index (χ1) is 13.4. The fraction of sp³-hybridized carbons (Fsp3) is 0.111. The molecule has 28 heavy (non-hydrogen) atoms. The second kappa shape index (κ2) is 6.89. The maximum absolute atomic E-state index is 12.4. The van der Waals surface area contributed by atoms with Crippen molar-refractivity contribution in [2.24, 2.45) is 4.99 Å². The second-order valence-corrected chi connectivity index (χ2v) is 7.75. The van der Waals surface area contributed by atoms with Crippen molar-refractivity contribution in [1.29, 1.82) is 0 Å². The molecule has 9 nitrogen and oxygen atoms in total. The third-order valence-electron chi connectivity index (χ3n) is 4.12. The number of carbonyl (C=O) groups excluding carboxylic acids is 1. The topological polar surface area (TPSA) is 118 Å². The summed E-state index contributed by atoms with van der Waals surface area (Å²) in [4.78, 5) is 21.1. The van der Waals surface area contributed by atoms with Crippen molar-refractivity contribution in [3.63, 3.8) is 0 Å². The lowest BCUT2D eigenvalue weighted by atomic mass is 10.2. The molecule has 2 aromatic heterocycles. The molecule has 4 rings (SSSR count). The summed E-state index contributed by atoms with van der Waals surface area (Å²) in [5, 5.41) is 6.80. The van der Waals surface area contributed by atoms with Crippen LogP contribution >= 0.6 is 0 Å². The maximum atomic E-state index is 12.4. The summed E-state index contributed by atoms with van der Waals surface area (Å²) in [6.07, 6.45) is 4.93. The molecule has 0 fully saturated rings. The number of hydrogen-bond donors (Lipinski definition) is 2. The highest BCUT2D eigenvalue weighted by Crippen LogP contribution is 2.22. The number of rotatable bonds is 4. The minimum atomic E-state index is -3.64. The first-order valence-electron chi connectivity index (χ1n) is 8.41. The zero-order valence-corrected chi connectivity index (χ0v) is 15.6. The SMILES string of the molecule is C[C@H](N=C1NS(=O)(=O)c2ccccc21)C(=O)Nc1ccc(-n2cccn2)nc1. The molecule has 1 aromatic carbocycles. The summed E-state index contributed by atoms with van der Waals surface area (Å²) in [5.41, 5.74) is 0.952. The van der Waals surface area contributed by atoms with Crippen LogP contribution in [0.1, 0.15) is 12.5 Å². The lowest BCUT2D eigenvalue weighted by Crippen LogP contribution is -2.28.